The molecule has 1 aromatic carbocycles. The molecule has 1 unspecified atom stereocenters. The van der Waals surface area contributed by atoms with Crippen molar-refractivity contribution in [2.45, 2.75) is 13.0 Å². The number of benzene rings is 1. The van der Waals surface area contributed by atoms with Crippen LogP contribution in [0.4, 0.5) is 5.69 Å². The standard InChI is InChI=1S/C11H13NO2/c1-3-10(11(13)14)12-9-6-4-8(2)5-7-9/h3-7,10,12H,1H2,2H3,(H,13,14). The van der Waals surface area contributed by atoms with Crippen molar-refractivity contribution in [1.82, 2.24) is 0 Å². The van der Waals surface area contributed by atoms with Crippen molar-refractivity contribution in [3.05, 3.63) is 42.5 Å². The highest BCUT2D eigenvalue weighted by Crippen LogP contribution is 2.10. The van der Waals surface area contributed by atoms with Crippen molar-refractivity contribution in [1.29, 1.82) is 0 Å². The summed E-state index contributed by atoms with van der Waals surface area (Å²) >= 11 is 0. The second-order valence-corrected chi connectivity index (χ2v) is 3.06. The Balaban J connectivity index is 2.72. The first-order valence-electron chi connectivity index (χ1n) is 4.32. The largest absolute Gasteiger partial charge is 0.479 e. The van der Waals surface area contributed by atoms with E-state index in [-0.39, 0.29) is 0 Å². The molecule has 0 radical (unpaired) electrons. The van der Waals surface area contributed by atoms with Crippen LogP contribution in [0.3, 0.4) is 0 Å². The van der Waals surface area contributed by atoms with Crippen molar-refractivity contribution in [3.63, 3.8) is 0 Å². The number of aryl methyl sites for hydroxylation is 1. The van der Waals surface area contributed by atoms with E-state index in [2.05, 4.69) is 11.9 Å². The van der Waals surface area contributed by atoms with Gasteiger partial charge in [0.2, 0.25) is 0 Å². The van der Waals surface area contributed by atoms with E-state index in [0.29, 0.717) is 0 Å². The zero-order valence-electron chi connectivity index (χ0n) is 8.03. The predicted octanol–water partition coefficient (Wildman–Crippen LogP) is 2.05. The van der Waals surface area contributed by atoms with Crippen LogP contribution in [0.5, 0.6) is 0 Å². The van der Waals surface area contributed by atoms with Gasteiger partial charge < -0.3 is 10.4 Å². The van der Waals surface area contributed by atoms with Gasteiger partial charge in [-0.15, -0.1) is 6.58 Å². The highest BCUT2D eigenvalue weighted by molar-refractivity contribution is 5.79. The number of carboxylic acid groups (broad SMARTS) is 1. The first kappa shape index (κ1) is 10.3. The molecule has 0 aliphatic rings. The number of aliphatic carboxylic acids is 1. The van der Waals surface area contributed by atoms with Crippen LogP contribution in [0.25, 0.3) is 0 Å². The van der Waals surface area contributed by atoms with Gasteiger partial charge >= 0.3 is 5.97 Å². The summed E-state index contributed by atoms with van der Waals surface area (Å²) in [6, 6.07) is 6.79. The van der Waals surface area contributed by atoms with E-state index in [0.717, 1.165) is 11.3 Å². The van der Waals surface area contributed by atoms with Crippen LogP contribution < -0.4 is 5.32 Å². The van der Waals surface area contributed by atoms with E-state index in [1.54, 1.807) is 0 Å². The molecule has 1 aromatic rings. The van der Waals surface area contributed by atoms with E-state index in [1.807, 2.05) is 31.2 Å². The molecule has 0 heterocycles. The molecule has 0 amide bonds. The average Bonchev–Trinajstić information content (AvgIpc) is 2.16. The Kier molecular flexibility index (Phi) is 3.29. The van der Waals surface area contributed by atoms with Crippen molar-refractivity contribution in [3.8, 4) is 0 Å². The van der Waals surface area contributed by atoms with Gasteiger partial charge in [-0.3, -0.25) is 0 Å². The number of carbonyl (C=O) groups is 1. The topological polar surface area (TPSA) is 49.3 Å². The van der Waals surface area contributed by atoms with Crippen LogP contribution >= 0.6 is 0 Å². The maximum atomic E-state index is 10.7. The lowest BCUT2D eigenvalue weighted by atomic mass is 10.2. The Morgan fingerprint density at radius 1 is 1.50 bits per heavy atom. The molecule has 3 nitrogen and oxygen atoms in total. The number of hydrogen-bond donors (Lipinski definition) is 2. The third-order valence-electron chi connectivity index (χ3n) is 1.88. The van der Waals surface area contributed by atoms with Gasteiger partial charge in [-0.05, 0) is 19.1 Å². The molecule has 0 fully saturated rings. The summed E-state index contributed by atoms with van der Waals surface area (Å²) < 4.78 is 0. The van der Waals surface area contributed by atoms with Gasteiger partial charge in [0.1, 0.15) is 6.04 Å². The third-order valence-corrected chi connectivity index (χ3v) is 1.88. The molecule has 0 saturated heterocycles. The van der Waals surface area contributed by atoms with Gasteiger partial charge in [-0.1, -0.05) is 23.8 Å². The SMILES string of the molecule is C=CC(Nc1ccc(C)cc1)C(=O)O. The molecule has 0 aliphatic carbocycles. The van der Waals surface area contributed by atoms with Crippen molar-refractivity contribution < 1.29 is 9.90 Å². The fourth-order valence-electron chi connectivity index (χ4n) is 1.05. The number of hydrogen-bond acceptors (Lipinski definition) is 2. The lowest BCUT2D eigenvalue weighted by Crippen LogP contribution is -2.26. The van der Waals surface area contributed by atoms with Crippen LogP contribution in [-0.4, -0.2) is 17.1 Å². The molecule has 0 bridgehead atoms. The summed E-state index contributed by atoms with van der Waals surface area (Å²) in [5, 5.41) is 11.6. The van der Waals surface area contributed by atoms with Crippen LogP contribution in [-0.2, 0) is 4.79 Å². The van der Waals surface area contributed by atoms with Gasteiger partial charge in [-0.2, -0.15) is 0 Å². The summed E-state index contributed by atoms with van der Waals surface area (Å²) in [5.41, 5.74) is 1.92. The molecular weight excluding hydrogens is 178 g/mol. The van der Waals surface area contributed by atoms with Gasteiger partial charge in [0, 0.05) is 5.69 Å². The van der Waals surface area contributed by atoms with Crippen molar-refractivity contribution in [2.75, 3.05) is 5.32 Å². The number of anilines is 1. The lowest BCUT2D eigenvalue weighted by Gasteiger charge is -2.11. The molecule has 74 valence electrons. The molecule has 0 aliphatic heterocycles. The Hall–Kier alpha value is -1.77. The van der Waals surface area contributed by atoms with Crippen molar-refractivity contribution >= 4 is 11.7 Å². The monoisotopic (exact) mass is 191 g/mol. The summed E-state index contributed by atoms with van der Waals surface area (Å²) in [5.74, 6) is -0.930. The second-order valence-electron chi connectivity index (χ2n) is 3.06. The lowest BCUT2D eigenvalue weighted by molar-refractivity contribution is -0.136. The van der Waals surface area contributed by atoms with E-state index in [4.69, 9.17) is 5.11 Å². The van der Waals surface area contributed by atoms with E-state index >= 15 is 0 Å². The summed E-state index contributed by atoms with van der Waals surface area (Å²) in [6.07, 6.45) is 1.36. The predicted molar refractivity (Wildman–Crippen MR) is 56.4 cm³/mol. The maximum Gasteiger partial charge on any atom is 0.330 e. The van der Waals surface area contributed by atoms with Crippen LogP contribution in [0.1, 0.15) is 5.56 Å². The highest BCUT2D eigenvalue weighted by Gasteiger charge is 2.11. The fourth-order valence-corrected chi connectivity index (χ4v) is 1.05. The Morgan fingerprint density at radius 3 is 2.50 bits per heavy atom. The molecule has 14 heavy (non-hydrogen) atoms. The summed E-state index contributed by atoms with van der Waals surface area (Å²) in [6.45, 7) is 5.43. The number of nitrogens with one attached hydrogen (secondary N) is 1. The minimum Gasteiger partial charge on any atom is -0.479 e. The summed E-state index contributed by atoms with van der Waals surface area (Å²) in [7, 11) is 0. The smallest absolute Gasteiger partial charge is 0.330 e. The van der Waals surface area contributed by atoms with E-state index in [9.17, 15) is 4.79 Å². The van der Waals surface area contributed by atoms with E-state index < -0.39 is 12.0 Å². The first-order chi connectivity index (χ1) is 6.63. The summed E-state index contributed by atoms with van der Waals surface area (Å²) in [4.78, 5) is 10.7. The van der Waals surface area contributed by atoms with Crippen LogP contribution in [0.2, 0.25) is 0 Å². The molecule has 1 rings (SSSR count). The van der Waals surface area contributed by atoms with Gasteiger partial charge in [0.05, 0.1) is 0 Å². The highest BCUT2D eigenvalue weighted by atomic mass is 16.4. The number of carboxylic acids is 1. The molecular formula is C11H13NO2. The zero-order chi connectivity index (χ0) is 10.6. The average molecular weight is 191 g/mol. The molecule has 0 saturated carbocycles. The molecule has 3 heteroatoms. The molecule has 2 N–H and O–H groups in total. The quantitative estimate of drug-likeness (QED) is 0.716. The zero-order valence-corrected chi connectivity index (χ0v) is 8.03. The Morgan fingerprint density at radius 2 is 2.07 bits per heavy atom. The number of rotatable bonds is 4. The van der Waals surface area contributed by atoms with Crippen molar-refractivity contribution in [2.24, 2.45) is 0 Å². The van der Waals surface area contributed by atoms with Gasteiger partial charge in [-0.25, -0.2) is 4.79 Å². The fraction of sp³-hybridized carbons (Fsp3) is 0.182. The van der Waals surface area contributed by atoms with Crippen LogP contribution in [0.15, 0.2) is 36.9 Å². The minimum absolute atomic E-state index is 0.738. The van der Waals surface area contributed by atoms with Gasteiger partial charge in [0.25, 0.3) is 0 Å². The van der Waals surface area contributed by atoms with Gasteiger partial charge in [0.15, 0.2) is 0 Å². The Bertz CT molecular complexity index is 330. The molecule has 1 atom stereocenters. The van der Waals surface area contributed by atoms with E-state index in [1.165, 1.54) is 6.08 Å². The van der Waals surface area contributed by atoms with Crippen LogP contribution in [0, 0.1) is 6.92 Å². The molecule has 0 aromatic heterocycles. The third kappa shape index (κ3) is 2.62. The second kappa shape index (κ2) is 4.46. The minimum atomic E-state index is -0.930. The first-order valence-corrected chi connectivity index (χ1v) is 4.32. The maximum absolute atomic E-state index is 10.7. The molecule has 0 spiro atoms. The normalized spacial score (nSPS) is 11.8. The Labute approximate surface area is 83.1 Å².